The zero-order valence-electron chi connectivity index (χ0n) is 14.5. The Bertz CT molecular complexity index is 563. The summed E-state index contributed by atoms with van der Waals surface area (Å²) in [5, 5.41) is 19.3. The van der Waals surface area contributed by atoms with Gasteiger partial charge in [-0.15, -0.1) is 0 Å². The van der Waals surface area contributed by atoms with Crippen molar-refractivity contribution in [2.75, 3.05) is 37.8 Å². The summed E-state index contributed by atoms with van der Waals surface area (Å²) in [6, 6.07) is 9.59. The molecular formula is C19H26N2O3S. The lowest BCUT2D eigenvalue weighted by molar-refractivity contribution is 0.0210. The van der Waals surface area contributed by atoms with Crippen LogP contribution in [0.4, 0.5) is 0 Å². The van der Waals surface area contributed by atoms with E-state index in [0.717, 1.165) is 31.7 Å². The van der Waals surface area contributed by atoms with Gasteiger partial charge in [0, 0.05) is 31.5 Å². The van der Waals surface area contributed by atoms with Gasteiger partial charge in [-0.05, 0) is 49.3 Å². The topological polar surface area (TPSA) is 65.7 Å². The summed E-state index contributed by atoms with van der Waals surface area (Å²) in [6.45, 7) is 2.64. The number of rotatable bonds is 8. The number of benzene rings is 1. The molecule has 0 aromatic heterocycles. The molecular weight excluding hydrogens is 336 g/mol. The van der Waals surface area contributed by atoms with Crippen LogP contribution < -0.4 is 4.74 Å². The molecule has 1 N–H and O–H groups in total. The maximum absolute atomic E-state index is 10.4. The largest absolute Gasteiger partial charge is 0.491 e. The van der Waals surface area contributed by atoms with Crippen molar-refractivity contribution in [1.29, 1.82) is 5.26 Å². The molecule has 2 heterocycles. The van der Waals surface area contributed by atoms with Crippen LogP contribution in [0.5, 0.6) is 5.75 Å². The van der Waals surface area contributed by atoms with E-state index in [0.29, 0.717) is 30.0 Å². The highest BCUT2D eigenvalue weighted by atomic mass is 32.2. The molecule has 3 unspecified atom stereocenters. The average molecular weight is 362 g/mol. The van der Waals surface area contributed by atoms with Gasteiger partial charge in [0.1, 0.15) is 18.5 Å². The third-order valence-electron chi connectivity index (χ3n) is 4.76. The minimum Gasteiger partial charge on any atom is -0.491 e. The van der Waals surface area contributed by atoms with E-state index in [4.69, 9.17) is 14.7 Å². The van der Waals surface area contributed by atoms with Crippen LogP contribution in [0.3, 0.4) is 0 Å². The molecule has 0 amide bonds. The van der Waals surface area contributed by atoms with Gasteiger partial charge in [0.15, 0.2) is 0 Å². The van der Waals surface area contributed by atoms with Crippen molar-refractivity contribution in [2.45, 2.75) is 37.5 Å². The number of hydrogen-bond donors (Lipinski definition) is 1. The number of aliphatic hydroxyl groups is 1. The van der Waals surface area contributed by atoms with Crippen LogP contribution in [-0.2, 0) is 4.74 Å². The van der Waals surface area contributed by atoms with Crippen LogP contribution in [0.2, 0.25) is 0 Å². The SMILES string of the molecule is N#Cc1ccc(OCC(O)CN(CC2CCCO2)C2CCSC2)cc1. The summed E-state index contributed by atoms with van der Waals surface area (Å²) in [4.78, 5) is 2.39. The van der Waals surface area contributed by atoms with Crippen molar-refractivity contribution in [3.63, 3.8) is 0 Å². The lowest BCUT2D eigenvalue weighted by Gasteiger charge is -2.32. The molecule has 136 valence electrons. The number of nitrogens with zero attached hydrogens (tertiary/aromatic N) is 2. The molecule has 25 heavy (non-hydrogen) atoms. The van der Waals surface area contributed by atoms with Crippen LogP contribution in [0.25, 0.3) is 0 Å². The van der Waals surface area contributed by atoms with Gasteiger partial charge in [-0.25, -0.2) is 0 Å². The van der Waals surface area contributed by atoms with Crippen molar-refractivity contribution in [1.82, 2.24) is 4.90 Å². The fourth-order valence-corrected chi connectivity index (χ4v) is 4.63. The van der Waals surface area contributed by atoms with E-state index in [1.165, 1.54) is 12.2 Å². The monoisotopic (exact) mass is 362 g/mol. The Morgan fingerprint density at radius 3 is 2.84 bits per heavy atom. The summed E-state index contributed by atoms with van der Waals surface area (Å²) in [7, 11) is 0. The van der Waals surface area contributed by atoms with E-state index in [2.05, 4.69) is 11.0 Å². The highest BCUT2D eigenvalue weighted by molar-refractivity contribution is 7.99. The summed E-state index contributed by atoms with van der Waals surface area (Å²) < 4.78 is 11.5. The van der Waals surface area contributed by atoms with Crippen molar-refractivity contribution in [3.05, 3.63) is 29.8 Å². The third kappa shape index (κ3) is 5.61. The fourth-order valence-electron chi connectivity index (χ4n) is 3.37. The fraction of sp³-hybridized carbons (Fsp3) is 0.632. The molecule has 2 saturated heterocycles. The smallest absolute Gasteiger partial charge is 0.119 e. The first-order valence-electron chi connectivity index (χ1n) is 8.99. The zero-order valence-corrected chi connectivity index (χ0v) is 15.3. The van der Waals surface area contributed by atoms with Gasteiger partial charge in [0.2, 0.25) is 0 Å². The Labute approximate surface area is 153 Å². The van der Waals surface area contributed by atoms with Crippen molar-refractivity contribution >= 4 is 11.8 Å². The Balaban J connectivity index is 1.49. The molecule has 1 aromatic carbocycles. The Morgan fingerprint density at radius 2 is 2.20 bits per heavy atom. The van der Waals surface area contributed by atoms with E-state index in [1.807, 2.05) is 11.8 Å². The highest BCUT2D eigenvalue weighted by Gasteiger charge is 2.28. The van der Waals surface area contributed by atoms with Crippen LogP contribution in [0, 0.1) is 11.3 Å². The molecule has 6 heteroatoms. The predicted octanol–water partition coefficient (Wildman–Crippen LogP) is 2.28. The molecule has 0 spiro atoms. The van der Waals surface area contributed by atoms with Gasteiger partial charge in [0.25, 0.3) is 0 Å². The summed E-state index contributed by atoms with van der Waals surface area (Å²) >= 11 is 1.99. The highest BCUT2D eigenvalue weighted by Crippen LogP contribution is 2.24. The minimum atomic E-state index is -0.539. The number of aliphatic hydroxyl groups excluding tert-OH is 1. The van der Waals surface area contributed by atoms with Gasteiger partial charge in [-0.1, -0.05) is 0 Å². The van der Waals surface area contributed by atoms with Gasteiger partial charge in [0.05, 0.1) is 17.7 Å². The molecule has 2 fully saturated rings. The van der Waals surface area contributed by atoms with Crippen LogP contribution in [0.1, 0.15) is 24.8 Å². The third-order valence-corrected chi connectivity index (χ3v) is 5.90. The van der Waals surface area contributed by atoms with Crippen molar-refractivity contribution in [3.8, 4) is 11.8 Å². The lowest BCUT2D eigenvalue weighted by atomic mass is 10.1. The first-order chi connectivity index (χ1) is 12.2. The molecule has 1 aromatic rings. The Morgan fingerprint density at radius 1 is 1.36 bits per heavy atom. The van der Waals surface area contributed by atoms with E-state index in [9.17, 15) is 5.11 Å². The Hall–Kier alpha value is -1.26. The van der Waals surface area contributed by atoms with E-state index < -0.39 is 6.10 Å². The summed E-state index contributed by atoms with van der Waals surface area (Å²) in [5.41, 5.74) is 0.606. The number of nitriles is 1. The van der Waals surface area contributed by atoms with Crippen LogP contribution >= 0.6 is 11.8 Å². The van der Waals surface area contributed by atoms with Gasteiger partial charge in [-0.3, -0.25) is 4.90 Å². The minimum absolute atomic E-state index is 0.258. The van der Waals surface area contributed by atoms with E-state index in [1.54, 1.807) is 24.3 Å². The van der Waals surface area contributed by atoms with E-state index in [-0.39, 0.29) is 6.61 Å². The lowest BCUT2D eigenvalue weighted by Crippen LogP contribution is -2.45. The normalized spacial score (nSPS) is 24.4. The van der Waals surface area contributed by atoms with Gasteiger partial charge < -0.3 is 14.6 Å². The first-order valence-corrected chi connectivity index (χ1v) is 10.1. The molecule has 0 saturated carbocycles. The molecule has 3 atom stereocenters. The second-order valence-electron chi connectivity index (χ2n) is 6.71. The molecule has 2 aliphatic rings. The van der Waals surface area contributed by atoms with Crippen molar-refractivity contribution < 1.29 is 14.6 Å². The second kappa shape index (κ2) is 9.44. The first kappa shape index (κ1) is 18.5. The van der Waals surface area contributed by atoms with Gasteiger partial charge in [-0.2, -0.15) is 17.0 Å². The molecule has 0 aliphatic carbocycles. The maximum atomic E-state index is 10.4. The standard InChI is InChI=1S/C19H26N2O3S/c20-10-15-3-5-18(6-4-15)24-13-17(22)11-21(16-7-9-25-14-16)12-19-2-1-8-23-19/h3-6,16-17,19,22H,1-2,7-9,11-14H2. The molecule has 3 rings (SSSR count). The van der Waals surface area contributed by atoms with Crippen LogP contribution in [-0.4, -0.2) is 66.1 Å². The van der Waals surface area contributed by atoms with Crippen molar-refractivity contribution in [2.24, 2.45) is 0 Å². The van der Waals surface area contributed by atoms with Gasteiger partial charge >= 0.3 is 0 Å². The van der Waals surface area contributed by atoms with Crippen LogP contribution in [0.15, 0.2) is 24.3 Å². The quantitative estimate of drug-likeness (QED) is 0.765. The Kier molecular flexibility index (Phi) is 7.00. The average Bonchev–Trinajstić information content (AvgIpc) is 3.33. The summed E-state index contributed by atoms with van der Waals surface area (Å²) in [5.74, 6) is 3.01. The number of ether oxygens (including phenoxy) is 2. The second-order valence-corrected chi connectivity index (χ2v) is 7.86. The number of hydrogen-bond acceptors (Lipinski definition) is 6. The predicted molar refractivity (Wildman–Crippen MR) is 98.9 cm³/mol. The molecule has 0 bridgehead atoms. The molecule has 0 radical (unpaired) electrons. The molecule has 5 nitrogen and oxygen atoms in total. The zero-order chi connectivity index (χ0) is 17.5. The molecule has 2 aliphatic heterocycles. The van der Waals surface area contributed by atoms with E-state index >= 15 is 0 Å². The number of thioether (sulfide) groups is 1. The maximum Gasteiger partial charge on any atom is 0.119 e. The summed E-state index contributed by atoms with van der Waals surface area (Å²) in [6.07, 6.45) is 3.21.